The van der Waals surface area contributed by atoms with Crippen LogP contribution in [0.4, 0.5) is 0 Å². The number of hydrogen-bond acceptors (Lipinski definition) is 4. The molecule has 3 fully saturated rings. The van der Waals surface area contributed by atoms with E-state index in [0.717, 1.165) is 49.2 Å². The van der Waals surface area contributed by atoms with Crippen LogP contribution in [-0.2, 0) is 16.5 Å². The van der Waals surface area contributed by atoms with Crippen molar-refractivity contribution in [1.82, 2.24) is 4.90 Å². The van der Waals surface area contributed by atoms with Gasteiger partial charge in [-0.15, -0.1) is 0 Å². The molecule has 4 rings (SSSR count). The fraction of sp³-hybridized carbons (Fsp3) is 0.538. The van der Waals surface area contributed by atoms with E-state index in [1.807, 2.05) is 12.1 Å². The van der Waals surface area contributed by atoms with Gasteiger partial charge in [-0.2, -0.15) is 0 Å². The van der Waals surface area contributed by atoms with Gasteiger partial charge in [0, 0.05) is 0 Å². The summed E-state index contributed by atoms with van der Waals surface area (Å²) in [6.07, 6.45) is 0. The zero-order chi connectivity index (χ0) is 13.1. The summed E-state index contributed by atoms with van der Waals surface area (Å²) >= 11 is 0.469. The van der Waals surface area contributed by atoms with E-state index < -0.39 is 14.3 Å². The molecule has 0 spiro atoms. The van der Waals surface area contributed by atoms with Crippen molar-refractivity contribution in [3.8, 4) is 0 Å². The summed E-state index contributed by atoms with van der Waals surface area (Å²) in [4.78, 5) is 2.34. The summed E-state index contributed by atoms with van der Waals surface area (Å²) in [5, 5.41) is 0.793. The van der Waals surface area contributed by atoms with Crippen LogP contribution in [0.2, 0.25) is 0 Å². The summed E-state index contributed by atoms with van der Waals surface area (Å²) in [6, 6.07) is 8.24. The van der Waals surface area contributed by atoms with Crippen molar-refractivity contribution in [2.24, 2.45) is 0 Å². The number of nitrogens with zero attached hydrogens (tertiary/aromatic N) is 1. The molecule has 4 nitrogen and oxygen atoms in total. The zero-order valence-electron chi connectivity index (χ0n) is 10.8. The van der Waals surface area contributed by atoms with Crippen LogP contribution < -0.4 is 0 Å². The van der Waals surface area contributed by atoms with Crippen molar-refractivity contribution in [2.75, 3.05) is 39.5 Å². The fourth-order valence-electron chi connectivity index (χ4n) is 2.48. The van der Waals surface area contributed by atoms with Crippen molar-refractivity contribution < 1.29 is 11.3 Å². The third-order valence-corrected chi connectivity index (χ3v) is 10.1. The molecule has 1 aromatic carbocycles. The van der Waals surface area contributed by atoms with Gasteiger partial charge in [-0.05, 0) is 0 Å². The van der Waals surface area contributed by atoms with Crippen LogP contribution in [0.25, 0.3) is 0 Å². The van der Waals surface area contributed by atoms with E-state index in [2.05, 4.69) is 33.0 Å². The molecule has 0 saturated carbocycles. The van der Waals surface area contributed by atoms with E-state index in [9.17, 15) is 0 Å². The van der Waals surface area contributed by atoms with Gasteiger partial charge >= 0.3 is 125 Å². The Hall–Kier alpha value is 0.0829. The van der Waals surface area contributed by atoms with Crippen molar-refractivity contribution >= 4 is 30.2 Å². The number of rotatable bonds is 2. The summed E-state index contributed by atoms with van der Waals surface area (Å²) in [6.45, 7) is 5.17. The van der Waals surface area contributed by atoms with Gasteiger partial charge in [-0.25, -0.2) is 0 Å². The van der Waals surface area contributed by atoms with Crippen molar-refractivity contribution in [2.45, 2.75) is 5.25 Å². The maximum absolute atomic E-state index is 6.08. The standard InChI is InChI=1S/C13H18BrGeNO3/c14-13-4-2-1-3-12(13)11-15-17-8-5-16(6-9-18-15)7-10-19-15/h1-4H,5-11H2. The average Bonchev–Trinajstić information content (AvgIpc) is 2.33. The van der Waals surface area contributed by atoms with E-state index in [1.165, 1.54) is 5.56 Å². The van der Waals surface area contributed by atoms with Crippen LogP contribution in [0, 0.1) is 0 Å². The molecule has 3 heterocycles. The SMILES string of the molecule is Brc1ccccc1[CH2][Ge]12[O]CCN(CC[O]1)CC[O]2. The number of hydrogen-bond donors (Lipinski definition) is 0. The molecule has 3 aliphatic heterocycles. The molecule has 3 saturated heterocycles. The summed E-state index contributed by atoms with van der Waals surface area (Å²) in [5.41, 5.74) is 1.22. The minimum absolute atomic E-state index is 0.727. The Morgan fingerprint density at radius 3 is 2.16 bits per heavy atom. The molecule has 0 aliphatic carbocycles. The van der Waals surface area contributed by atoms with Gasteiger partial charge < -0.3 is 0 Å². The fourth-order valence-corrected chi connectivity index (χ4v) is 8.77. The van der Waals surface area contributed by atoms with E-state index in [4.69, 9.17) is 11.3 Å². The quantitative estimate of drug-likeness (QED) is 0.724. The minimum atomic E-state index is -3.13. The van der Waals surface area contributed by atoms with E-state index >= 15 is 0 Å². The topological polar surface area (TPSA) is 30.9 Å². The number of halogens is 1. The second-order valence-corrected chi connectivity index (χ2v) is 11.1. The van der Waals surface area contributed by atoms with Crippen LogP contribution in [0.15, 0.2) is 28.7 Å². The van der Waals surface area contributed by atoms with Gasteiger partial charge in [0.15, 0.2) is 0 Å². The van der Waals surface area contributed by atoms with E-state index in [0.29, 0.717) is 0 Å². The van der Waals surface area contributed by atoms with Crippen LogP contribution >= 0.6 is 15.9 Å². The Balaban J connectivity index is 1.81. The molecule has 104 valence electrons. The summed E-state index contributed by atoms with van der Waals surface area (Å²) < 4.78 is 19.4. The Labute approximate surface area is 125 Å². The molecule has 1 aromatic rings. The molecule has 3 aliphatic rings. The molecule has 0 atom stereocenters. The zero-order valence-corrected chi connectivity index (χ0v) is 14.5. The molecule has 0 unspecified atom stereocenters. The van der Waals surface area contributed by atoms with Gasteiger partial charge in [0.2, 0.25) is 0 Å². The average molecular weight is 389 g/mol. The van der Waals surface area contributed by atoms with Crippen molar-refractivity contribution in [3.05, 3.63) is 34.3 Å². The van der Waals surface area contributed by atoms with Gasteiger partial charge in [-0.3, -0.25) is 0 Å². The molecule has 6 heteroatoms. The molecule has 0 amide bonds. The van der Waals surface area contributed by atoms with Crippen molar-refractivity contribution in [1.29, 1.82) is 0 Å². The monoisotopic (exact) mass is 389 g/mol. The first kappa shape index (κ1) is 14.0. The van der Waals surface area contributed by atoms with Crippen LogP contribution in [0.3, 0.4) is 0 Å². The Bertz CT molecular complexity index is 419. The Morgan fingerprint density at radius 1 is 1.00 bits per heavy atom. The first-order valence-corrected chi connectivity index (χ1v) is 11.5. The Kier molecular flexibility index (Phi) is 4.61. The molecular weight excluding hydrogens is 371 g/mol. The second-order valence-electron chi connectivity index (χ2n) is 4.84. The third-order valence-electron chi connectivity index (χ3n) is 3.55. The molecule has 2 bridgehead atoms. The molecule has 0 aromatic heterocycles. The predicted octanol–water partition coefficient (Wildman–Crippen LogP) is 1.85. The number of benzene rings is 1. The third kappa shape index (κ3) is 3.40. The Morgan fingerprint density at radius 2 is 1.58 bits per heavy atom. The second kappa shape index (κ2) is 6.24. The first-order valence-electron chi connectivity index (χ1n) is 6.65. The first-order chi connectivity index (χ1) is 9.27. The molecule has 19 heavy (non-hydrogen) atoms. The molecular formula is C13H18BrGeNO3. The van der Waals surface area contributed by atoms with E-state index in [1.54, 1.807) is 0 Å². The van der Waals surface area contributed by atoms with Gasteiger partial charge in [0.25, 0.3) is 0 Å². The summed E-state index contributed by atoms with van der Waals surface area (Å²) in [5.74, 6) is 0. The molecule has 0 radical (unpaired) electrons. The van der Waals surface area contributed by atoms with E-state index in [-0.39, 0.29) is 0 Å². The van der Waals surface area contributed by atoms with Gasteiger partial charge in [-0.1, -0.05) is 0 Å². The van der Waals surface area contributed by atoms with Crippen LogP contribution in [0.1, 0.15) is 5.56 Å². The van der Waals surface area contributed by atoms with Gasteiger partial charge in [0.1, 0.15) is 0 Å². The number of fused-ring (bicyclic) bond motifs is 6. The van der Waals surface area contributed by atoms with Crippen LogP contribution in [-0.4, -0.2) is 58.6 Å². The molecule has 0 N–H and O–H groups in total. The predicted molar refractivity (Wildman–Crippen MR) is 77.9 cm³/mol. The van der Waals surface area contributed by atoms with Crippen LogP contribution in [0.5, 0.6) is 0 Å². The maximum atomic E-state index is 6.08. The van der Waals surface area contributed by atoms with Gasteiger partial charge in [0.05, 0.1) is 0 Å². The van der Waals surface area contributed by atoms with Crippen molar-refractivity contribution in [3.63, 3.8) is 0 Å². The normalized spacial score (nSPS) is 31.5. The summed E-state index contributed by atoms with van der Waals surface area (Å²) in [7, 11) is 0.